The van der Waals surface area contributed by atoms with Gasteiger partial charge in [0.05, 0.1) is 11.2 Å². The lowest BCUT2D eigenvalue weighted by atomic mass is 9.96. The maximum Gasteiger partial charge on any atom is 0.143 e. The van der Waals surface area contributed by atoms with Gasteiger partial charge in [-0.3, -0.25) is 0 Å². The zero-order valence-corrected chi connectivity index (χ0v) is 11.4. The second kappa shape index (κ2) is 4.40. The van der Waals surface area contributed by atoms with Gasteiger partial charge in [0.15, 0.2) is 0 Å². The number of benzene rings is 1. The van der Waals surface area contributed by atoms with Gasteiger partial charge in [-0.2, -0.15) is 0 Å². The topological polar surface area (TPSA) is 48.1 Å². The highest BCUT2D eigenvalue weighted by Crippen LogP contribution is 2.40. The Hall–Kier alpha value is -0.910. The molecule has 1 unspecified atom stereocenters. The molecule has 0 spiro atoms. The van der Waals surface area contributed by atoms with E-state index in [9.17, 15) is 0 Å². The van der Waals surface area contributed by atoms with E-state index in [0.717, 1.165) is 27.9 Å². The van der Waals surface area contributed by atoms with Gasteiger partial charge in [-0.15, -0.1) is 11.3 Å². The van der Waals surface area contributed by atoms with E-state index in [4.69, 9.17) is 10.5 Å². The first-order valence-electron chi connectivity index (χ1n) is 5.34. The van der Waals surface area contributed by atoms with Gasteiger partial charge < -0.3 is 10.5 Å². The fourth-order valence-electron chi connectivity index (χ4n) is 2.04. The summed E-state index contributed by atoms with van der Waals surface area (Å²) in [6.07, 6.45) is 0.747. The normalized spacial score (nSPS) is 22.9. The molecule has 2 atom stereocenters. The van der Waals surface area contributed by atoms with Gasteiger partial charge >= 0.3 is 0 Å². The molecule has 2 aromatic rings. The molecule has 88 valence electrons. The minimum atomic E-state index is -0.0296. The van der Waals surface area contributed by atoms with Crippen molar-refractivity contribution >= 4 is 27.3 Å². The SMILES string of the molecule is N[C@H]1CC(c2cscn2)Oc2cc(Br)ccc21. The Bertz CT molecular complexity index is 529. The molecule has 0 radical (unpaired) electrons. The Morgan fingerprint density at radius 3 is 3.12 bits per heavy atom. The van der Waals surface area contributed by atoms with Crippen molar-refractivity contribution in [2.45, 2.75) is 18.6 Å². The van der Waals surface area contributed by atoms with E-state index in [1.807, 2.05) is 29.1 Å². The van der Waals surface area contributed by atoms with Crippen LogP contribution in [0.15, 0.2) is 33.6 Å². The summed E-state index contributed by atoms with van der Waals surface area (Å²) in [6.45, 7) is 0. The van der Waals surface area contributed by atoms with Crippen LogP contribution >= 0.6 is 27.3 Å². The molecule has 17 heavy (non-hydrogen) atoms. The van der Waals surface area contributed by atoms with Gasteiger partial charge in [0, 0.05) is 27.9 Å². The van der Waals surface area contributed by atoms with Crippen LogP contribution in [0, 0.1) is 0 Å². The van der Waals surface area contributed by atoms with Crippen molar-refractivity contribution in [3.8, 4) is 5.75 Å². The van der Waals surface area contributed by atoms with E-state index >= 15 is 0 Å². The van der Waals surface area contributed by atoms with Crippen molar-refractivity contribution in [3.05, 3.63) is 44.8 Å². The molecule has 0 saturated carbocycles. The van der Waals surface area contributed by atoms with E-state index in [1.165, 1.54) is 0 Å². The third kappa shape index (κ3) is 2.10. The number of aromatic nitrogens is 1. The molecule has 1 aliphatic rings. The molecule has 3 rings (SSSR count). The van der Waals surface area contributed by atoms with Crippen molar-refractivity contribution < 1.29 is 4.74 Å². The summed E-state index contributed by atoms with van der Waals surface area (Å²) in [7, 11) is 0. The average Bonchev–Trinajstić information content (AvgIpc) is 2.81. The van der Waals surface area contributed by atoms with Crippen molar-refractivity contribution in [2.75, 3.05) is 0 Å². The number of rotatable bonds is 1. The highest BCUT2D eigenvalue weighted by atomic mass is 79.9. The van der Waals surface area contributed by atoms with E-state index < -0.39 is 0 Å². The van der Waals surface area contributed by atoms with Crippen LogP contribution in [0.4, 0.5) is 0 Å². The lowest BCUT2D eigenvalue weighted by molar-refractivity contribution is 0.158. The van der Waals surface area contributed by atoms with Gasteiger partial charge in [-0.05, 0) is 12.1 Å². The number of nitrogens with two attached hydrogens (primary N) is 1. The molecule has 5 heteroatoms. The van der Waals surface area contributed by atoms with E-state index in [2.05, 4.69) is 20.9 Å². The second-order valence-electron chi connectivity index (χ2n) is 4.04. The lowest BCUT2D eigenvalue weighted by Crippen LogP contribution is -2.24. The molecule has 2 N–H and O–H groups in total. The van der Waals surface area contributed by atoms with E-state index in [-0.39, 0.29) is 12.1 Å². The minimum absolute atomic E-state index is 0.0125. The van der Waals surface area contributed by atoms with Crippen molar-refractivity contribution in [1.82, 2.24) is 4.98 Å². The monoisotopic (exact) mass is 310 g/mol. The smallest absolute Gasteiger partial charge is 0.143 e. The minimum Gasteiger partial charge on any atom is -0.484 e. The quantitative estimate of drug-likeness (QED) is 0.878. The fourth-order valence-corrected chi connectivity index (χ4v) is 2.97. The number of hydrogen-bond acceptors (Lipinski definition) is 4. The van der Waals surface area contributed by atoms with Crippen LogP contribution in [0.25, 0.3) is 0 Å². The summed E-state index contributed by atoms with van der Waals surface area (Å²) >= 11 is 5.02. The predicted octanol–water partition coefficient (Wildman–Crippen LogP) is 3.43. The van der Waals surface area contributed by atoms with E-state index in [0.29, 0.717) is 0 Å². The molecule has 0 fully saturated rings. The van der Waals surface area contributed by atoms with Gasteiger partial charge in [-0.1, -0.05) is 22.0 Å². The van der Waals surface area contributed by atoms with Crippen LogP contribution in [0.5, 0.6) is 5.75 Å². The molecule has 1 aliphatic heterocycles. The Labute approximate surface area is 112 Å². The molecule has 3 nitrogen and oxygen atoms in total. The number of ether oxygens (including phenoxy) is 1. The second-order valence-corrected chi connectivity index (χ2v) is 5.68. The van der Waals surface area contributed by atoms with Gasteiger partial charge in [0.1, 0.15) is 11.9 Å². The van der Waals surface area contributed by atoms with Crippen molar-refractivity contribution in [2.24, 2.45) is 5.73 Å². The lowest BCUT2D eigenvalue weighted by Gasteiger charge is -2.29. The zero-order valence-electron chi connectivity index (χ0n) is 8.97. The van der Waals surface area contributed by atoms with Gasteiger partial charge in [0.25, 0.3) is 0 Å². The zero-order chi connectivity index (χ0) is 11.8. The third-order valence-electron chi connectivity index (χ3n) is 2.89. The van der Waals surface area contributed by atoms with Gasteiger partial charge in [0.2, 0.25) is 0 Å². The molecule has 1 aromatic carbocycles. The fraction of sp³-hybridized carbons (Fsp3) is 0.250. The molecule has 0 saturated heterocycles. The number of hydrogen-bond donors (Lipinski definition) is 1. The van der Waals surface area contributed by atoms with Crippen molar-refractivity contribution in [3.63, 3.8) is 0 Å². The van der Waals surface area contributed by atoms with Gasteiger partial charge in [-0.25, -0.2) is 4.98 Å². The molecule has 0 aliphatic carbocycles. The number of nitrogens with zero attached hydrogens (tertiary/aromatic N) is 1. The van der Waals surface area contributed by atoms with E-state index in [1.54, 1.807) is 11.3 Å². The Morgan fingerprint density at radius 2 is 2.35 bits per heavy atom. The number of thiazole rings is 1. The molecule has 0 bridgehead atoms. The Morgan fingerprint density at radius 1 is 1.47 bits per heavy atom. The Kier molecular flexibility index (Phi) is 2.90. The summed E-state index contributed by atoms with van der Waals surface area (Å²) in [5.74, 6) is 0.858. The molecule has 1 aromatic heterocycles. The molecule has 2 heterocycles. The highest BCUT2D eigenvalue weighted by molar-refractivity contribution is 9.10. The molecular weight excluding hydrogens is 300 g/mol. The first kappa shape index (κ1) is 11.2. The summed E-state index contributed by atoms with van der Waals surface area (Å²) in [4.78, 5) is 4.30. The molecule has 0 amide bonds. The summed E-state index contributed by atoms with van der Waals surface area (Å²) in [6, 6.07) is 5.99. The van der Waals surface area contributed by atoms with Crippen LogP contribution in [0.1, 0.15) is 29.8 Å². The predicted molar refractivity (Wildman–Crippen MR) is 71.2 cm³/mol. The maximum atomic E-state index is 6.17. The standard InChI is InChI=1S/C12H11BrN2OS/c13-7-1-2-8-9(14)4-12(16-11(8)3-7)10-5-17-6-15-10/h1-3,5-6,9,12H,4,14H2/t9-,12?/m0/s1. The van der Waals surface area contributed by atoms with Crippen LogP contribution in [0.3, 0.4) is 0 Å². The summed E-state index contributed by atoms with van der Waals surface area (Å²) in [5, 5.41) is 2.01. The highest BCUT2D eigenvalue weighted by Gasteiger charge is 2.28. The van der Waals surface area contributed by atoms with Crippen LogP contribution in [-0.2, 0) is 0 Å². The first-order valence-corrected chi connectivity index (χ1v) is 7.07. The largest absolute Gasteiger partial charge is 0.484 e. The summed E-state index contributed by atoms with van der Waals surface area (Å²) < 4.78 is 6.96. The first-order chi connectivity index (χ1) is 8.24. The van der Waals surface area contributed by atoms with Crippen LogP contribution in [0.2, 0.25) is 0 Å². The molecular formula is C12H11BrN2OS. The summed E-state index contributed by atoms with van der Waals surface area (Å²) in [5.41, 5.74) is 10.0. The van der Waals surface area contributed by atoms with Crippen LogP contribution in [-0.4, -0.2) is 4.98 Å². The number of halogens is 1. The average molecular weight is 311 g/mol. The third-order valence-corrected chi connectivity index (χ3v) is 3.99. The van der Waals surface area contributed by atoms with Crippen LogP contribution < -0.4 is 10.5 Å². The Balaban J connectivity index is 1.97. The maximum absolute atomic E-state index is 6.17. The van der Waals surface area contributed by atoms with Crippen molar-refractivity contribution in [1.29, 1.82) is 0 Å². The number of fused-ring (bicyclic) bond motifs is 1.